The van der Waals surface area contributed by atoms with E-state index in [0.29, 0.717) is 5.56 Å². The molecule has 0 aromatic heterocycles. The number of benzene rings is 1. The van der Waals surface area contributed by atoms with Gasteiger partial charge < -0.3 is 5.11 Å². The molecule has 72 valence electrons. The van der Waals surface area contributed by atoms with Crippen LogP contribution < -0.4 is 0 Å². The molecule has 0 bridgehead atoms. The van der Waals surface area contributed by atoms with Gasteiger partial charge >= 0.3 is 5.97 Å². The first-order valence-corrected chi connectivity index (χ1v) is 4.19. The smallest absolute Gasteiger partial charge is 0.347 e. The van der Waals surface area contributed by atoms with Crippen LogP contribution >= 0.6 is 11.6 Å². The van der Waals surface area contributed by atoms with Gasteiger partial charge in [0.15, 0.2) is 5.78 Å². The van der Waals surface area contributed by atoms with E-state index in [1.807, 2.05) is 0 Å². The van der Waals surface area contributed by atoms with Crippen molar-refractivity contribution in [1.82, 2.24) is 0 Å². The Bertz CT molecular complexity index is 382. The first-order valence-electron chi connectivity index (χ1n) is 3.81. The standard InChI is InChI=1S/C10H7ClO3/c11-8(10(13)14)6-9(12)7-4-2-1-3-5-7/h1-6H,(H,13,14). The van der Waals surface area contributed by atoms with E-state index in [4.69, 9.17) is 16.7 Å². The van der Waals surface area contributed by atoms with E-state index in [1.165, 1.54) is 0 Å². The average Bonchev–Trinajstić information content (AvgIpc) is 2.19. The average molecular weight is 211 g/mol. The minimum Gasteiger partial charge on any atom is -0.477 e. The summed E-state index contributed by atoms with van der Waals surface area (Å²) in [5.41, 5.74) is 0.409. The molecule has 0 atom stereocenters. The molecule has 1 rings (SSSR count). The molecule has 0 aliphatic rings. The lowest BCUT2D eigenvalue weighted by molar-refractivity contribution is -0.131. The highest BCUT2D eigenvalue weighted by molar-refractivity contribution is 6.42. The highest BCUT2D eigenvalue weighted by Gasteiger charge is 2.07. The Labute approximate surface area is 85.6 Å². The lowest BCUT2D eigenvalue weighted by Crippen LogP contribution is -2.00. The second-order valence-electron chi connectivity index (χ2n) is 2.53. The second-order valence-corrected chi connectivity index (χ2v) is 2.93. The molecular weight excluding hydrogens is 204 g/mol. The first-order chi connectivity index (χ1) is 6.61. The molecule has 1 N–H and O–H groups in total. The minimum absolute atomic E-state index is 0.409. The van der Waals surface area contributed by atoms with E-state index >= 15 is 0 Å². The number of hydrogen-bond acceptors (Lipinski definition) is 2. The van der Waals surface area contributed by atoms with Gasteiger partial charge in [-0.2, -0.15) is 0 Å². The fourth-order valence-corrected chi connectivity index (χ4v) is 0.962. The Balaban J connectivity index is 2.88. The van der Waals surface area contributed by atoms with Gasteiger partial charge in [0, 0.05) is 11.6 Å². The van der Waals surface area contributed by atoms with Crippen LogP contribution in [0.2, 0.25) is 0 Å². The normalized spacial score (nSPS) is 11.1. The number of carbonyl (C=O) groups is 2. The van der Waals surface area contributed by atoms with E-state index in [-0.39, 0.29) is 0 Å². The molecule has 3 nitrogen and oxygen atoms in total. The number of halogens is 1. The Morgan fingerprint density at radius 2 is 1.79 bits per heavy atom. The third-order valence-corrected chi connectivity index (χ3v) is 1.79. The third-order valence-electron chi connectivity index (χ3n) is 1.52. The van der Waals surface area contributed by atoms with Crippen LogP contribution in [-0.2, 0) is 4.79 Å². The number of rotatable bonds is 3. The van der Waals surface area contributed by atoms with E-state index in [1.54, 1.807) is 30.3 Å². The van der Waals surface area contributed by atoms with Crippen molar-refractivity contribution in [2.75, 3.05) is 0 Å². The van der Waals surface area contributed by atoms with Gasteiger partial charge in [-0.15, -0.1) is 0 Å². The lowest BCUT2D eigenvalue weighted by Gasteiger charge is -1.94. The fraction of sp³-hybridized carbons (Fsp3) is 0. The van der Waals surface area contributed by atoms with Crippen molar-refractivity contribution in [3.05, 3.63) is 47.0 Å². The van der Waals surface area contributed by atoms with Crippen LogP contribution in [-0.4, -0.2) is 16.9 Å². The zero-order valence-corrected chi connectivity index (χ0v) is 7.86. The van der Waals surface area contributed by atoms with Gasteiger partial charge in [0.1, 0.15) is 5.03 Å². The Hall–Kier alpha value is -1.61. The zero-order chi connectivity index (χ0) is 10.6. The van der Waals surface area contributed by atoms with Gasteiger partial charge in [-0.25, -0.2) is 4.79 Å². The molecular formula is C10H7ClO3. The molecule has 0 unspecified atom stereocenters. The van der Waals surface area contributed by atoms with E-state index in [0.717, 1.165) is 6.08 Å². The number of hydrogen-bond donors (Lipinski definition) is 1. The lowest BCUT2D eigenvalue weighted by atomic mass is 10.1. The number of carboxylic acid groups (broad SMARTS) is 1. The van der Waals surface area contributed by atoms with Gasteiger partial charge in [0.25, 0.3) is 0 Å². The molecule has 0 amide bonds. The third kappa shape index (κ3) is 2.71. The molecule has 0 aliphatic carbocycles. The van der Waals surface area contributed by atoms with Crippen LogP contribution in [0.3, 0.4) is 0 Å². The van der Waals surface area contributed by atoms with Crippen LogP contribution in [0, 0.1) is 0 Å². The van der Waals surface area contributed by atoms with Crippen molar-refractivity contribution < 1.29 is 14.7 Å². The zero-order valence-electron chi connectivity index (χ0n) is 7.11. The maximum atomic E-state index is 11.3. The van der Waals surface area contributed by atoms with E-state index in [9.17, 15) is 9.59 Å². The van der Waals surface area contributed by atoms with Crippen molar-refractivity contribution in [3.63, 3.8) is 0 Å². The Morgan fingerprint density at radius 1 is 1.21 bits per heavy atom. The maximum Gasteiger partial charge on any atom is 0.347 e. The molecule has 0 saturated carbocycles. The fourth-order valence-electron chi connectivity index (χ4n) is 0.863. The number of carboxylic acids is 1. The molecule has 0 aliphatic heterocycles. The molecule has 0 radical (unpaired) electrons. The number of ketones is 1. The summed E-state index contributed by atoms with van der Waals surface area (Å²) in [7, 11) is 0. The molecule has 0 saturated heterocycles. The monoisotopic (exact) mass is 210 g/mol. The van der Waals surface area contributed by atoms with Gasteiger partial charge in [-0.1, -0.05) is 41.9 Å². The molecule has 1 aromatic carbocycles. The molecule has 0 spiro atoms. The van der Waals surface area contributed by atoms with Crippen molar-refractivity contribution >= 4 is 23.4 Å². The Kier molecular flexibility index (Phi) is 3.42. The summed E-state index contributed by atoms with van der Waals surface area (Å²) in [4.78, 5) is 21.6. The van der Waals surface area contributed by atoms with Crippen LogP contribution in [0.1, 0.15) is 10.4 Å². The Morgan fingerprint density at radius 3 is 2.29 bits per heavy atom. The molecule has 1 aromatic rings. The number of carbonyl (C=O) groups excluding carboxylic acids is 1. The summed E-state index contributed by atoms with van der Waals surface area (Å²) in [5, 5.41) is 7.94. The van der Waals surface area contributed by atoms with E-state index < -0.39 is 16.8 Å². The van der Waals surface area contributed by atoms with Crippen LogP contribution in [0.4, 0.5) is 0 Å². The van der Waals surface area contributed by atoms with Gasteiger partial charge in [-0.3, -0.25) is 4.79 Å². The molecule has 0 heterocycles. The van der Waals surface area contributed by atoms with Crippen molar-refractivity contribution in [1.29, 1.82) is 0 Å². The van der Waals surface area contributed by atoms with Crippen LogP contribution in [0.25, 0.3) is 0 Å². The topological polar surface area (TPSA) is 54.4 Å². The SMILES string of the molecule is O=C(O)C(Cl)=CC(=O)c1ccccc1. The second kappa shape index (κ2) is 4.58. The van der Waals surface area contributed by atoms with Gasteiger partial charge in [-0.05, 0) is 0 Å². The summed E-state index contributed by atoms with van der Waals surface area (Å²) in [6.07, 6.45) is 0.888. The number of allylic oxidation sites excluding steroid dienone is 1. The van der Waals surface area contributed by atoms with Crippen LogP contribution in [0.5, 0.6) is 0 Å². The summed E-state index contributed by atoms with van der Waals surface area (Å²) in [6, 6.07) is 8.32. The van der Waals surface area contributed by atoms with Crippen molar-refractivity contribution in [3.8, 4) is 0 Å². The largest absolute Gasteiger partial charge is 0.477 e. The molecule has 4 heteroatoms. The van der Waals surface area contributed by atoms with Gasteiger partial charge in [0.05, 0.1) is 0 Å². The number of aliphatic carboxylic acids is 1. The highest BCUT2D eigenvalue weighted by Crippen LogP contribution is 2.06. The summed E-state index contributed by atoms with van der Waals surface area (Å²) in [5.74, 6) is -1.73. The maximum absolute atomic E-state index is 11.3. The molecule has 14 heavy (non-hydrogen) atoms. The molecule has 0 fully saturated rings. The predicted octanol–water partition coefficient (Wildman–Crippen LogP) is 2.08. The van der Waals surface area contributed by atoms with Crippen molar-refractivity contribution in [2.24, 2.45) is 0 Å². The summed E-state index contributed by atoms with van der Waals surface area (Å²) < 4.78 is 0. The summed E-state index contributed by atoms with van der Waals surface area (Å²) in [6.45, 7) is 0. The first kappa shape index (κ1) is 10.5. The van der Waals surface area contributed by atoms with E-state index in [2.05, 4.69) is 0 Å². The quantitative estimate of drug-likeness (QED) is 0.614. The summed E-state index contributed by atoms with van der Waals surface area (Å²) >= 11 is 5.30. The highest BCUT2D eigenvalue weighted by atomic mass is 35.5. The minimum atomic E-state index is -1.31. The predicted molar refractivity (Wildman–Crippen MR) is 52.3 cm³/mol. The van der Waals surface area contributed by atoms with Crippen LogP contribution in [0.15, 0.2) is 41.4 Å². The van der Waals surface area contributed by atoms with Gasteiger partial charge in [0.2, 0.25) is 0 Å². The van der Waals surface area contributed by atoms with Crippen molar-refractivity contribution in [2.45, 2.75) is 0 Å².